The summed E-state index contributed by atoms with van der Waals surface area (Å²) in [7, 11) is 0. The van der Waals surface area contributed by atoms with Gasteiger partial charge in [0.15, 0.2) is 5.82 Å². The van der Waals surface area contributed by atoms with Crippen LogP contribution in [0.1, 0.15) is 31.7 Å². The van der Waals surface area contributed by atoms with Gasteiger partial charge in [0, 0.05) is 56.1 Å². The minimum atomic E-state index is 0.617. The van der Waals surface area contributed by atoms with E-state index in [0.717, 1.165) is 75.0 Å². The highest BCUT2D eigenvalue weighted by atomic mass is 35.5. The largest absolute Gasteiger partial charge is 0.369 e. The van der Waals surface area contributed by atoms with E-state index in [1.54, 1.807) is 0 Å². The molecule has 5 rings (SSSR count). The third kappa shape index (κ3) is 4.73. The molecule has 0 saturated carbocycles. The van der Waals surface area contributed by atoms with Gasteiger partial charge in [-0.1, -0.05) is 18.5 Å². The lowest BCUT2D eigenvalue weighted by molar-refractivity contribution is 0.271. The molecule has 2 aromatic rings. The molecule has 0 radical (unpaired) electrons. The second kappa shape index (κ2) is 9.94. The molecular formula is C25H35ClN6. The number of likely N-dealkylation sites (tertiary alicyclic amines) is 1. The van der Waals surface area contributed by atoms with E-state index in [4.69, 9.17) is 16.6 Å². The Balaban J connectivity index is 1.27. The van der Waals surface area contributed by atoms with E-state index in [0.29, 0.717) is 5.15 Å². The molecule has 32 heavy (non-hydrogen) atoms. The fourth-order valence-corrected chi connectivity index (χ4v) is 5.52. The van der Waals surface area contributed by atoms with Gasteiger partial charge >= 0.3 is 0 Å². The van der Waals surface area contributed by atoms with Crippen LogP contribution in [0.15, 0.2) is 24.3 Å². The smallest absolute Gasteiger partial charge is 0.163 e. The van der Waals surface area contributed by atoms with Gasteiger partial charge in [-0.2, -0.15) is 0 Å². The van der Waals surface area contributed by atoms with Gasteiger partial charge in [-0.3, -0.25) is 0 Å². The fraction of sp³-hybridized carbons (Fsp3) is 0.600. The first kappa shape index (κ1) is 21.9. The number of rotatable bonds is 7. The molecule has 2 fully saturated rings. The third-order valence-electron chi connectivity index (χ3n) is 7.28. The molecule has 6 nitrogen and oxygen atoms in total. The van der Waals surface area contributed by atoms with Crippen molar-refractivity contribution in [2.24, 2.45) is 0 Å². The number of aromatic nitrogens is 2. The van der Waals surface area contributed by atoms with Gasteiger partial charge in [-0.05, 0) is 76.1 Å². The molecule has 0 bridgehead atoms. The number of nitrogens with zero attached hydrogens (tertiary/aromatic N) is 6. The van der Waals surface area contributed by atoms with Crippen LogP contribution in [0.5, 0.6) is 0 Å². The lowest BCUT2D eigenvalue weighted by Crippen LogP contribution is -2.46. The topological polar surface area (TPSA) is 38.7 Å². The monoisotopic (exact) mass is 454 g/mol. The Kier molecular flexibility index (Phi) is 6.81. The summed E-state index contributed by atoms with van der Waals surface area (Å²) in [4.78, 5) is 19.6. The van der Waals surface area contributed by atoms with Crippen LogP contribution in [0.25, 0.3) is 11.4 Å². The summed E-state index contributed by atoms with van der Waals surface area (Å²) in [6.07, 6.45) is 4.83. The molecule has 3 aliphatic heterocycles. The van der Waals surface area contributed by atoms with Crippen molar-refractivity contribution in [2.75, 3.05) is 75.2 Å². The minimum Gasteiger partial charge on any atom is -0.369 e. The van der Waals surface area contributed by atoms with Crippen molar-refractivity contribution in [1.82, 2.24) is 19.8 Å². The number of piperazine rings is 1. The summed E-state index contributed by atoms with van der Waals surface area (Å²) in [5, 5.41) is 0.617. The Bertz CT molecular complexity index is 903. The van der Waals surface area contributed by atoms with Crippen molar-refractivity contribution >= 4 is 23.1 Å². The van der Waals surface area contributed by atoms with E-state index < -0.39 is 0 Å². The molecule has 0 unspecified atom stereocenters. The molecule has 0 spiro atoms. The highest BCUT2D eigenvalue weighted by Crippen LogP contribution is 2.33. The number of anilines is 2. The number of halogens is 1. The van der Waals surface area contributed by atoms with Gasteiger partial charge < -0.3 is 19.6 Å². The van der Waals surface area contributed by atoms with Gasteiger partial charge in [0.25, 0.3) is 0 Å². The maximum Gasteiger partial charge on any atom is 0.163 e. The maximum atomic E-state index is 6.61. The van der Waals surface area contributed by atoms with Crippen molar-refractivity contribution in [2.45, 2.75) is 32.6 Å². The molecule has 2 saturated heterocycles. The normalized spacial score (nSPS) is 19.7. The zero-order valence-electron chi connectivity index (χ0n) is 19.3. The molecule has 0 aliphatic carbocycles. The fourth-order valence-electron chi connectivity index (χ4n) is 5.26. The Hall–Kier alpha value is -1.89. The van der Waals surface area contributed by atoms with Crippen LogP contribution >= 0.6 is 11.6 Å². The van der Waals surface area contributed by atoms with E-state index >= 15 is 0 Å². The number of hydrogen-bond donors (Lipinski definition) is 0. The average molecular weight is 455 g/mol. The van der Waals surface area contributed by atoms with Crippen molar-refractivity contribution in [3.05, 3.63) is 35.0 Å². The number of likely N-dealkylation sites (N-methyl/N-ethyl adjacent to an activating group) is 1. The molecule has 0 N–H and O–H groups in total. The summed E-state index contributed by atoms with van der Waals surface area (Å²) in [5.41, 5.74) is 3.43. The Morgan fingerprint density at radius 3 is 2.31 bits per heavy atom. The molecule has 172 valence electrons. The Morgan fingerprint density at radius 2 is 1.59 bits per heavy atom. The number of benzene rings is 1. The zero-order chi connectivity index (χ0) is 21.9. The summed E-state index contributed by atoms with van der Waals surface area (Å²) >= 11 is 6.61. The van der Waals surface area contributed by atoms with Crippen molar-refractivity contribution in [1.29, 1.82) is 0 Å². The molecule has 1 aromatic carbocycles. The highest BCUT2D eigenvalue weighted by molar-refractivity contribution is 6.30. The van der Waals surface area contributed by atoms with Crippen molar-refractivity contribution < 1.29 is 0 Å². The molecule has 3 aliphatic rings. The van der Waals surface area contributed by atoms with E-state index in [-0.39, 0.29) is 0 Å². The van der Waals surface area contributed by atoms with Crippen LogP contribution in [0, 0.1) is 0 Å². The summed E-state index contributed by atoms with van der Waals surface area (Å²) in [6, 6.07) is 8.70. The first-order chi connectivity index (χ1) is 15.7. The Labute approximate surface area is 197 Å². The van der Waals surface area contributed by atoms with Crippen molar-refractivity contribution in [3.63, 3.8) is 0 Å². The third-order valence-corrected chi connectivity index (χ3v) is 7.59. The van der Waals surface area contributed by atoms with E-state index in [1.807, 2.05) is 0 Å². The quantitative estimate of drug-likeness (QED) is 0.593. The van der Waals surface area contributed by atoms with Gasteiger partial charge in [0.1, 0.15) is 11.0 Å². The van der Waals surface area contributed by atoms with Gasteiger partial charge in [-0.25, -0.2) is 9.97 Å². The van der Waals surface area contributed by atoms with Crippen LogP contribution in [0.2, 0.25) is 5.15 Å². The lowest BCUT2D eigenvalue weighted by Gasteiger charge is -2.35. The standard InChI is InChI=1S/C25H35ClN6/c1-2-29-16-18-31(19-17-29)21-8-6-20(7-9-21)24-27-23(26)22-10-15-32(25(22)28-24)14-5-13-30-11-3-4-12-30/h6-9H,2-5,10-19H2,1H3. The molecule has 1 aromatic heterocycles. The van der Waals surface area contributed by atoms with Gasteiger partial charge in [0.2, 0.25) is 0 Å². The van der Waals surface area contributed by atoms with Crippen LogP contribution in [0.3, 0.4) is 0 Å². The average Bonchev–Trinajstić information content (AvgIpc) is 3.50. The first-order valence-corrected chi connectivity index (χ1v) is 12.7. The Morgan fingerprint density at radius 1 is 0.844 bits per heavy atom. The van der Waals surface area contributed by atoms with Crippen LogP contribution in [-0.4, -0.2) is 85.2 Å². The predicted octanol–water partition coefficient (Wildman–Crippen LogP) is 3.79. The molecule has 4 heterocycles. The van der Waals surface area contributed by atoms with Crippen LogP contribution in [-0.2, 0) is 6.42 Å². The maximum absolute atomic E-state index is 6.61. The van der Waals surface area contributed by atoms with Gasteiger partial charge in [-0.15, -0.1) is 0 Å². The second-order valence-corrected chi connectivity index (χ2v) is 9.61. The summed E-state index contributed by atoms with van der Waals surface area (Å²) in [5.74, 6) is 1.78. The summed E-state index contributed by atoms with van der Waals surface area (Å²) in [6.45, 7) is 13.6. The van der Waals surface area contributed by atoms with E-state index in [9.17, 15) is 0 Å². The number of hydrogen-bond acceptors (Lipinski definition) is 6. The molecule has 0 atom stereocenters. The van der Waals surface area contributed by atoms with Crippen LogP contribution in [0.4, 0.5) is 11.5 Å². The first-order valence-electron chi connectivity index (χ1n) is 12.3. The minimum absolute atomic E-state index is 0.617. The SMILES string of the molecule is CCN1CCN(c2ccc(-c3nc(Cl)c4c(n3)N(CCCN3CCCC3)CC4)cc2)CC1. The zero-order valence-corrected chi connectivity index (χ0v) is 20.0. The van der Waals surface area contributed by atoms with Crippen LogP contribution < -0.4 is 9.80 Å². The predicted molar refractivity (Wildman–Crippen MR) is 133 cm³/mol. The second-order valence-electron chi connectivity index (χ2n) is 9.25. The molecular weight excluding hydrogens is 420 g/mol. The van der Waals surface area contributed by atoms with E-state index in [1.165, 1.54) is 44.6 Å². The van der Waals surface area contributed by atoms with Crippen molar-refractivity contribution in [3.8, 4) is 11.4 Å². The lowest BCUT2D eigenvalue weighted by atomic mass is 10.1. The number of fused-ring (bicyclic) bond motifs is 1. The highest BCUT2D eigenvalue weighted by Gasteiger charge is 2.25. The van der Waals surface area contributed by atoms with Gasteiger partial charge in [0.05, 0.1) is 0 Å². The molecule has 7 heteroatoms. The molecule has 0 amide bonds. The van der Waals surface area contributed by atoms with E-state index in [2.05, 4.69) is 55.8 Å². The summed E-state index contributed by atoms with van der Waals surface area (Å²) < 4.78 is 0.